The Bertz CT molecular complexity index is 342. The first kappa shape index (κ1) is 13.3. The molecule has 1 aliphatic heterocycles. The molecule has 1 aliphatic rings. The summed E-state index contributed by atoms with van der Waals surface area (Å²) in [5.41, 5.74) is 0. The van der Waals surface area contributed by atoms with E-state index in [9.17, 15) is 0 Å². The molecule has 0 bridgehead atoms. The van der Waals surface area contributed by atoms with Crippen LogP contribution in [0.25, 0.3) is 0 Å². The van der Waals surface area contributed by atoms with Crippen molar-refractivity contribution in [1.82, 2.24) is 4.90 Å². The van der Waals surface area contributed by atoms with Crippen LogP contribution in [-0.4, -0.2) is 30.7 Å². The van der Waals surface area contributed by atoms with E-state index in [0.29, 0.717) is 6.10 Å². The quantitative estimate of drug-likeness (QED) is 0.809. The van der Waals surface area contributed by atoms with Gasteiger partial charge in [0.2, 0.25) is 0 Å². The zero-order chi connectivity index (χ0) is 12.1. The Hall–Kier alpha value is -0.0900. The van der Waals surface area contributed by atoms with E-state index in [1.54, 1.807) is 11.3 Å². The molecule has 1 unspecified atom stereocenters. The van der Waals surface area contributed by atoms with Gasteiger partial charge in [-0.1, -0.05) is 18.5 Å². The monoisotopic (exact) mass is 273 g/mol. The molecule has 0 spiro atoms. The van der Waals surface area contributed by atoms with Gasteiger partial charge in [0.15, 0.2) is 0 Å². The molecule has 96 valence electrons. The molecule has 0 amide bonds. The molecule has 0 N–H and O–H groups in total. The Kier molecular flexibility index (Phi) is 5.29. The van der Waals surface area contributed by atoms with E-state index in [1.165, 1.54) is 24.3 Å². The third kappa shape index (κ3) is 4.25. The predicted octanol–water partition coefficient (Wildman–Crippen LogP) is 3.79. The lowest BCUT2D eigenvalue weighted by Crippen LogP contribution is -2.39. The van der Waals surface area contributed by atoms with Crippen LogP contribution in [0.4, 0.5) is 0 Å². The summed E-state index contributed by atoms with van der Waals surface area (Å²) in [6, 6.07) is 4.11. The molecule has 0 radical (unpaired) electrons. The average Bonchev–Trinajstić information content (AvgIpc) is 2.73. The van der Waals surface area contributed by atoms with Crippen LogP contribution in [0, 0.1) is 0 Å². The summed E-state index contributed by atoms with van der Waals surface area (Å²) < 4.78 is 6.73. The number of ether oxygens (including phenoxy) is 1. The molecule has 1 fully saturated rings. The van der Waals surface area contributed by atoms with Crippen LogP contribution < -0.4 is 0 Å². The molecule has 2 heterocycles. The Labute approximate surface area is 113 Å². The first-order valence-corrected chi connectivity index (χ1v) is 7.55. The largest absolute Gasteiger partial charge is 0.377 e. The van der Waals surface area contributed by atoms with Gasteiger partial charge in [-0.15, -0.1) is 11.3 Å². The predicted molar refractivity (Wildman–Crippen MR) is 73.9 cm³/mol. The van der Waals surface area contributed by atoms with Crippen LogP contribution in [0.2, 0.25) is 4.34 Å². The first-order valence-electron chi connectivity index (χ1n) is 6.36. The van der Waals surface area contributed by atoms with E-state index in [1.807, 2.05) is 6.07 Å². The third-order valence-electron chi connectivity index (χ3n) is 3.03. The topological polar surface area (TPSA) is 12.5 Å². The maximum Gasteiger partial charge on any atom is 0.0931 e. The summed E-state index contributed by atoms with van der Waals surface area (Å²) in [4.78, 5) is 3.83. The van der Waals surface area contributed by atoms with Crippen molar-refractivity contribution in [3.05, 3.63) is 21.3 Å². The van der Waals surface area contributed by atoms with Gasteiger partial charge in [0.05, 0.1) is 10.4 Å². The zero-order valence-corrected chi connectivity index (χ0v) is 11.9. The molecular formula is C13H20ClNOS. The fourth-order valence-corrected chi connectivity index (χ4v) is 3.36. The molecule has 0 aliphatic carbocycles. The number of halogens is 1. The summed E-state index contributed by atoms with van der Waals surface area (Å²) >= 11 is 7.63. The highest BCUT2D eigenvalue weighted by molar-refractivity contribution is 7.16. The van der Waals surface area contributed by atoms with Crippen LogP contribution in [0.1, 0.15) is 31.1 Å². The van der Waals surface area contributed by atoms with Crippen LogP contribution >= 0.6 is 22.9 Å². The van der Waals surface area contributed by atoms with E-state index >= 15 is 0 Å². The Morgan fingerprint density at radius 3 is 3.12 bits per heavy atom. The smallest absolute Gasteiger partial charge is 0.0931 e. The van der Waals surface area contributed by atoms with Gasteiger partial charge in [0.1, 0.15) is 0 Å². The zero-order valence-electron chi connectivity index (χ0n) is 10.3. The lowest BCUT2D eigenvalue weighted by Gasteiger charge is -2.32. The fraction of sp³-hybridized carbons (Fsp3) is 0.692. The molecule has 2 nitrogen and oxygen atoms in total. The number of likely N-dealkylation sites (tertiary alicyclic amines) is 1. The minimum absolute atomic E-state index is 0.430. The van der Waals surface area contributed by atoms with E-state index < -0.39 is 0 Å². The van der Waals surface area contributed by atoms with Gasteiger partial charge in [-0.2, -0.15) is 0 Å². The summed E-state index contributed by atoms with van der Waals surface area (Å²) in [5.74, 6) is 0. The third-order valence-corrected chi connectivity index (χ3v) is 4.24. The van der Waals surface area contributed by atoms with E-state index in [0.717, 1.165) is 30.5 Å². The number of piperidine rings is 1. The minimum atomic E-state index is 0.430. The van der Waals surface area contributed by atoms with Crippen molar-refractivity contribution in [3.8, 4) is 0 Å². The first-order chi connectivity index (χ1) is 8.28. The molecule has 2 rings (SSSR count). The summed E-state index contributed by atoms with van der Waals surface area (Å²) in [6.45, 7) is 6.32. The van der Waals surface area contributed by atoms with Crippen molar-refractivity contribution in [1.29, 1.82) is 0 Å². The molecule has 1 saturated heterocycles. The van der Waals surface area contributed by atoms with E-state index in [-0.39, 0.29) is 0 Å². The van der Waals surface area contributed by atoms with Crippen LogP contribution in [0.5, 0.6) is 0 Å². The van der Waals surface area contributed by atoms with Crippen molar-refractivity contribution < 1.29 is 4.74 Å². The highest BCUT2D eigenvalue weighted by Crippen LogP contribution is 2.24. The molecular weight excluding hydrogens is 254 g/mol. The standard InChI is InChI=1S/C13H20ClNOS/c1-2-8-16-11-4-3-7-15(9-11)10-12-5-6-13(14)17-12/h5-6,11H,2-4,7-10H2,1H3. The van der Waals surface area contributed by atoms with Gasteiger partial charge in [0, 0.05) is 24.6 Å². The number of rotatable bonds is 5. The average molecular weight is 274 g/mol. The van der Waals surface area contributed by atoms with E-state index in [2.05, 4.69) is 17.9 Å². The van der Waals surface area contributed by atoms with Gasteiger partial charge in [-0.25, -0.2) is 0 Å². The van der Waals surface area contributed by atoms with Gasteiger partial charge in [-0.3, -0.25) is 4.90 Å². The minimum Gasteiger partial charge on any atom is -0.377 e. The van der Waals surface area contributed by atoms with Crippen molar-refractivity contribution in [3.63, 3.8) is 0 Å². The van der Waals surface area contributed by atoms with Crippen LogP contribution in [0.15, 0.2) is 12.1 Å². The maximum atomic E-state index is 5.95. The maximum absolute atomic E-state index is 5.95. The highest BCUT2D eigenvalue weighted by Gasteiger charge is 2.20. The fourth-order valence-electron chi connectivity index (χ4n) is 2.23. The highest BCUT2D eigenvalue weighted by atomic mass is 35.5. The van der Waals surface area contributed by atoms with Crippen molar-refractivity contribution in [2.75, 3.05) is 19.7 Å². The molecule has 1 atom stereocenters. The normalized spacial score (nSPS) is 21.9. The van der Waals surface area contributed by atoms with Crippen LogP contribution in [-0.2, 0) is 11.3 Å². The second-order valence-corrected chi connectivity index (χ2v) is 6.38. The SMILES string of the molecule is CCCOC1CCCN(Cc2ccc(Cl)s2)C1. The summed E-state index contributed by atoms with van der Waals surface area (Å²) in [5, 5.41) is 0. The second-order valence-electron chi connectivity index (χ2n) is 4.58. The van der Waals surface area contributed by atoms with Gasteiger partial charge >= 0.3 is 0 Å². The molecule has 1 aromatic heterocycles. The number of hydrogen-bond donors (Lipinski definition) is 0. The molecule has 0 aromatic carbocycles. The van der Waals surface area contributed by atoms with Gasteiger partial charge < -0.3 is 4.74 Å². The molecule has 0 saturated carbocycles. The van der Waals surface area contributed by atoms with Crippen LogP contribution in [0.3, 0.4) is 0 Å². The van der Waals surface area contributed by atoms with Crippen molar-refractivity contribution >= 4 is 22.9 Å². The molecule has 1 aromatic rings. The van der Waals surface area contributed by atoms with E-state index in [4.69, 9.17) is 16.3 Å². The Balaban J connectivity index is 1.80. The molecule has 17 heavy (non-hydrogen) atoms. The Morgan fingerprint density at radius 1 is 1.53 bits per heavy atom. The van der Waals surface area contributed by atoms with Gasteiger partial charge in [-0.05, 0) is 37.9 Å². The summed E-state index contributed by atoms with van der Waals surface area (Å²) in [7, 11) is 0. The Morgan fingerprint density at radius 2 is 2.41 bits per heavy atom. The second kappa shape index (κ2) is 6.74. The van der Waals surface area contributed by atoms with Gasteiger partial charge in [0.25, 0.3) is 0 Å². The number of thiophene rings is 1. The number of nitrogens with zero attached hydrogens (tertiary/aromatic N) is 1. The van der Waals surface area contributed by atoms with Crippen molar-refractivity contribution in [2.45, 2.75) is 38.8 Å². The van der Waals surface area contributed by atoms with Crippen molar-refractivity contribution in [2.24, 2.45) is 0 Å². The molecule has 4 heteroatoms. The lowest BCUT2D eigenvalue weighted by molar-refractivity contribution is -0.00197. The summed E-state index contributed by atoms with van der Waals surface area (Å²) in [6.07, 6.45) is 3.99. The lowest BCUT2D eigenvalue weighted by atomic mass is 10.1. The number of hydrogen-bond acceptors (Lipinski definition) is 3.